The van der Waals surface area contributed by atoms with E-state index in [0.29, 0.717) is 20.7 Å². The number of carbonyl (C=O) groups is 2. The lowest BCUT2D eigenvalue weighted by molar-refractivity contribution is -0.117. The molecule has 5 rings (SSSR count). The van der Waals surface area contributed by atoms with Crippen LogP contribution in [0, 0.1) is 5.82 Å². The summed E-state index contributed by atoms with van der Waals surface area (Å²) in [6.07, 6.45) is 2.92. The molecular formula is C28H18Cl2FN3O3S2. The van der Waals surface area contributed by atoms with Crippen LogP contribution in [0.3, 0.4) is 0 Å². The Morgan fingerprint density at radius 1 is 1.05 bits per heavy atom. The van der Waals surface area contributed by atoms with Gasteiger partial charge in [-0.1, -0.05) is 101 Å². The van der Waals surface area contributed by atoms with Crippen molar-refractivity contribution in [3.63, 3.8) is 0 Å². The maximum atomic E-state index is 13.4. The van der Waals surface area contributed by atoms with Gasteiger partial charge < -0.3 is 5.11 Å². The molecule has 11 heteroatoms. The van der Waals surface area contributed by atoms with Crippen LogP contribution in [0.2, 0.25) is 10.0 Å². The van der Waals surface area contributed by atoms with Crippen molar-refractivity contribution in [2.24, 2.45) is 0 Å². The highest BCUT2D eigenvalue weighted by molar-refractivity contribution is 8.00. The van der Waals surface area contributed by atoms with Crippen LogP contribution in [-0.4, -0.2) is 27.0 Å². The summed E-state index contributed by atoms with van der Waals surface area (Å²) in [6, 6.07) is 19.0. The first-order valence-corrected chi connectivity index (χ1v) is 14.1. The molecule has 0 saturated heterocycles. The number of aromatic nitrogens is 2. The third-order valence-corrected chi connectivity index (χ3v) is 8.70. The van der Waals surface area contributed by atoms with Crippen LogP contribution in [0.4, 0.5) is 9.52 Å². The maximum Gasteiger partial charge on any atom is 0.296 e. The van der Waals surface area contributed by atoms with Gasteiger partial charge in [0.05, 0.1) is 21.7 Å². The maximum absolute atomic E-state index is 13.4. The summed E-state index contributed by atoms with van der Waals surface area (Å²) in [4.78, 5) is 27.9. The number of hydrogen-bond acceptors (Lipinski definition) is 7. The molecular weight excluding hydrogens is 580 g/mol. The molecule has 4 aromatic rings. The molecule has 1 aromatic heterocycles. The molecule has 39 heavy (non-hydrogen) atoms. The third-order valence-electron chi connectivity index (χ3n) is 5.84. The molecule has 0 bridgehead atoms. The molecule has 1 atom stereocenters. The number of amides is 1. The Labute approximate surface area is 241 Å². The number of carbonyl (C=O) groups excluding carboxylic acids is 2. The first kappa shape index (κ1) is 27.1. The number of halogens is 3. The van der Waals surface area contributed by atoms with Crippen molar-refractivity contribution in [1.29, 1.82) is 0 Å². The van der Waals surface area contributed by atoms with Gasteiger partial charge in [-0.2, -0.15) is 0 Å². The van der Waals surface area contributed by atoms with Crippen molar-refractivity contribution in [2.45, 2.75) is 16.1 Å². The summed E-state index contributed by atoms with van der Waals surface area (Å²) in [5, 5.41) is 20.0. The Kier molecular flexibility index (Phi) is 8.13. The van der Waals surface area contributed by atoms with E-state index in [2.05, 4.69) is 10.2 Å². The van der Waals surface area contributed by atoms with Gasteiger partial charge in [-0.3, -0.25) is 14.5 Å². The highest BCUT2D eigenvalue weighted by atomic mass is 35.5. The number of allylic oxidation sites excluding steroid dienone is 1. The Balaban J connectivity index is 1.47. The van der Waals surface area contributed by atoms with E-state index >= 15 is 0 Å². The number of nitrogens with zero attached hydrogens (tertiary/aromatic N) is 3. The lowest BCUT2D eigenvalue weighted by Gasteiger charge is -2.24. The van der Waals surface area contributed by atoms with Gasteiger partial charge in [-0.05, 0) is 47.0 Å². The van der Waals surface area contributed by atoms with Crippen LogP contribution in [-0.2, 0) is 15.3 Å². The SMILES string of the molecule is O=C(C=Cc1ccccc1)C1=C(O)C(=O)N(c2nnc(SCc3ccc(F)cc3)s2)C1c1ccc(Cl)c(Cl)c1. The zero-order valence-electron chi connectivity index (χ0n) is 19.9. The van der Waals surface area contributed by atoms with Crippen molar-refractivity contribution in [3.05, 3.63) is 123 Å². The van der Waals surface area contributed by atoms with Crippen LogP contribution in [0.15, 0.2) is 94.5 Å². The van der Waals surface area contributed by atoms with Crippen molar-refractivity contribution in [2.75, 3.05) is 4.90 Å². The minimum absolute atomic E-state index is 0.110. The van der Waals surface area contributed by atoms with Crippen LogP contribution in [0.5, 0.6) is 0 Å². The summed E-state index contributed by atoms with van der Waals surface area (Å²) in [6.45, 7) is 0. The molecule has 1 N–H and O–H groups in total. The third kappa shape index (κ3) is 5.91. The molecule has 1 aliphatic rings. The number of anilines is 1. The molecule has 0 fully saturated rings. The molecule has 0 spiro atoms. The van der Waals surface area contributed by atoms with Gasteiger partial charge in [0.2, 0.25) is 5.13 Å². The lowest BCUT2D eigenvalue weighted by atomic mass is 9.96. The van der Waals surface area contributed by atoms with E-state index in [9.17, 15) is 19.1 Å². The fourth-order valence-electron chi connectivity index (χ4n) is 3.96. The molecule has 1 aliphatic heterocycles. The molecule has 6 nitrogen and oxygen atoms in total. The number of aliphatic hydroxyl groups is 1. The minimum atomic E-state index is -1.01. The summed E-state index contributed by atoms with van der Waals surface area (Å²) < 4.78 is 13.8. The topological polar surface area (TPSA) is 83.4 Å². The number of aliphatic hydroxyl groups excluding tert-OH is 1. The summed E-state index contributed by atoms with van der Waals surface area (Å²) >= 11 is 14.9. The van der Waals surface area contributed by atoms with E-state index in [-0.39, 0.29) is 21.5 Å². The second-order valence-corrected chi connectivity index (χ2v) is 11.4. The molecule has 1 amide bonds. The van der Waals surface area contributed by atoms with E-state index < -0.39 is 23.5 Å². The quantitative estimate of drug-likeness (QED) is 0.129. The molecule has 3 aromatic carbocycles. The average molecular weight is 599 g/mol. The number of rotatable bonds is 8. The second-order valence-electron chi connectivity index (χ2n) is 8.39. The Hall–Kier alpha value is -3.50. The number of hydrogen-bond donors (Lipinski definition) is 1. The van der Waals surface area contributed by atoms with Crippen LogP contribution in [0.25, 0.3) is 6.08 Å². The smallest absolute Gasteiger partial charge is 0.296 e. The molecule has 0 radical (unpaired) electrons. The Morgan fingerprint density at radius 2 is 1.79 bits per heavy atom. The molecule has 2 heterocycles. The zero-order valence-corrected chi connectivity index (χ0v) is 23.1. The van der Waals surface area contributed by atoms with Gasteiger partial charge >= 0.3 is 0 Å². The van der Waals surface area contributed by atoms with Gasteiger partial charge in [0, 0.05) is 5.75 Å². The molecule has 1 unspecified atom stereocenters. The van der Waals surface area contributed by atoms with Gasteiger partial charge in [0.1, 0.15) is 5.82 Å². The van der Waals surface area contributed by atoms with Crippen LogP contribution < -0.4 is 4.90 Å². The zero-order chi connectivity index (χ0) is 27.5. The minimum Gasteiger partial charge on any atom is -0.503 e. The second kappa shape index (κ2) is 11.7. The number of ketones is 1. The van der Waals surface area contributed by atoms with Crippen LogP contribution >= 0.6 is 46.3 Å². The van der Waals surface area contributed by atoms with Gasteiger partial charge in [0.25, 0.3) is 5.91 Å². The standard InChI is InChI=1S/C28H18Cl2FN3O3S2/c29-20-12-9-18(14-21(20)30)24-23(22(35)13-8-16-4-2-1-3-5-16)25(36)26(37)34(24)27-32-33-28(39-27)38-15-17-6-10-19(31)11-7-17/h1-14,24,36H,15H2. The highest BCUT2D eigenvalue weighted by Gasteiger charge is 2.45. The van der Waals surface area contributed by atoms with E-state index in [4.69, 9.17) is 23.2 Å². The normalized spacial score (nSPS) is 15.5. The van der Waals surface area contributed by atoms with E-state index in [1.54, 1.807) is 36.4 Å². The van der Waals surface area contributed by atoms with E-state index in [1.807, 2.05) is 30.3 Å². The summed E-state index contributed by atoms with van der Waals surface area (Å²) in [5.41, 5.74) is 2.03. The van der Waals surface area contributed by atoms with Crippen molar-refractivity contribution >= 4 is 69.2 Å². The predicted octanol–water partition coefficient (Wildman–Crippen LogP) is 7.46. The van der Waals surface area contributed by atoms with Gasteiger partial charge in [0.15, 0.2) is 15.9 Å². The summed E-state index contributed by atoms with van der Waals surface area (Å²) in [5.74, 6) is -1.81. The number of benzene rings is 3. The van der Waals surface area contributed by atoms with E-state index in [1.165, 1.54) is 34.9 Å². The van der Waals surface area contributed by atoms with E-state index in [0.717, 1.165) is 22.5 Å². The van der Waals surface area contributed by atoms with Crippen molar-refractivity contribution < 1.29 is 19.1 Å². The fourth-order valence-corrected chi connectivity index (χ4v) is 6.09. The molecule has 0 saturated carbocycles. The van der Waals surface area contributed by atoms with Gasteiger partial charge in [-0.15, -0.1) is 10.2 Å². The molecule has 196 valence electrons. The van der Waals surface area contributed by atoms with Gasteiger partial charge in [-0.25, -0.2) is 4.39 Å². The van der Waals surface area contributed by atoms with Crippen molar-refractivity contribution in [3.8, 4) is 0 Å². The Morgan fingerprint density at radius 3 is 2.51 bits per heavy atom. The molecule has 0 aliphatic carbocycles. The lowest BCUT2D eigenvalue weighted by Crippen LogP contribution is -2.30. The first-order valence-electron chi connectivity index (χ1n) is 11.5. The highest BCUT2D eigenvalue weighted by Crippen LogP contribution is 2.44. The fraction of sp³-hybridized carbons (Fsp3) is 0.0714. The number of thioether (sulfide) groups is 1. The Bertz CT molecular complexity index is 1610. The van der Waals surface area contributed by atoms with Crippen molar-refractivity contribution in [1.82, 2.24) is 10.2 Å². The first-order chi connectivity index (χ1) is 18.8. The largest absolute Gasteiger partial charge is 0.503 e. The average Bonchev–Trinajstić information content (AvgIpc) is 3.51. The summed E-state index contributed by atoms with van der Waals surface area (Å²) in [7, 11) is 0. The predicted molar refractivity (Wildman–Crippen MR) is 153 cm³/mol. The monoisotopic (exact) mass is 597 g/mol. The van der Waals surface area contributed by atoms with Crippen LogP contribution in [0.1, 0.15) is 22.7 Å².